The van der Waals surface area contributed by atoms with Gasteiger partial charge in [0.05, 0.1) is 6.20 Å². The summed E-state index contributed by atoms with van der Waals surface area (Å²) in [7, 11) is 1.74. The molecular formula is C16H15ClFN5O. The number of halogens is 2. The van der Waals surface area contributed by atoms with E-state index in [0.29, 0.717) is 28.5 Å². The summed E-state index contributed by atoms with van der Waals surface area (Å²) < 4.78 is 14.8. The Morgan fingerprint density at radius 1 is 1.46 bits per heavy atom. The summed E-state index contributed by atoms with van der Waals surface area (Å²) in [4.78, 5) is 19.2. The largest absolute Gasteiger partial charge is 0.355 e. The average Bonchev–Trinajstić information content (AvgIpc) is 3.23. The van der Waals surface area contributed by atoms with Crippen molar-refractivity contribution < 1.29 is 4.39 Å². The summed E-state index contributed by atoms with van der Waals surface area (Å²) in [5, 5.41) is 8.10. The van der Waals surface area contributed by atoms with Crippen LogP contribution in [0.2, 0.25) is 5.02 Å². The lowest BCUT2D eigenvalue weighted by Gasteiger charge is -2.18. The summed E-state index contributed by atoms with van der Waals surface area (Å²) in [5.41, 5.74) is 1.05. The normalized spacial score (nSPS) is 15.6. The van der Waals surface area contributed by atoms with E-state index in [1.54, 1.807) is 17.8 Å². The molecule has 8 heteroatoms. The van der Waals surface area contributed by atoms with Crippen LogP contribution < -0.4 is 10.9 Å². The Morgan fingerprint density at radius 2 is 2.25 bits per heavy atom. The van der Waals surface area contributed by atoms with E-state index in [4.69, 9.17) is 11.6 Å². The molecule has 1 aliphatic rings. The number of aromatic amines is 1. The van der Waals surface area contributed by atoms with Gasteiger partial charge in [-0.3, -0.25) is 14.5 Å². The lowest BCUT2D eigenvalue weighted by molar-refractivity contribution is 0.624. The Morgan fingerprint density at radius 3 is 2.96 bits per heavy atom. The number of aryl methyl sites for hydroxylation is 1. The Kier molecular flexibility index (Phi) is 3.35. The number of nitrogens with zero attached hydrogens (tertiary/aromatic N) is 3. The topological polar surface area (TPSA) is 75.6 Å². The highest BCUT2D eigenvalue weighted by Crippen LogP contribution is 2.50. The van der Waals surface area contributed by atoms with Gasteiger partial charge in [-0.1, -0.05) is 17.7 Å². The molecule has 0 unspecified atom stereocenters. The van der Waals surface area contributed by atoms with Gasteiger partial charge in [0.15, 0.2) is 5.65 Å². The standard InChI is InChI=1S/C16H15ClFN5O/c1-23-13-10(7-20-23)14(24)22-15(21-13)19-8-16(4-5-16)11-3-2-9(18)6-12(11)17/h2-3,6-7H,4-5,8H2,1H3,(H2,19,21,22,24). The molecule has 1 saturated carbocycles. The molecule has 4 rings (SSSR count). The zero-order chi connectivity index (χ0) is 16.9. The van der Waals surface area contributed by atoms with Crippen LogP contribution >= 0.6 is 11.6 Å². The smallest absolute Gasteiger partial charge is 0.263 e. The molecule has 124 valence electrons. The van der Waals surface area contributed by atoms with Crippen LogP contribution in [0.1, 0.15) is 18.4 Å². The second-order valence-electron chi connectivity index (χ2n) is 6.18. The van der Waals surface area contributed by atoms with E-state index in [-0.39, 0.29) is 16.8 Å². The van der Waals surface area contributed by atoms with Crippen molar-refractivity contribution in [1.82, 2.24) is 19.7 Å². The number of nitrogens with one attached hydrogen (secondary N) is 2. The molecule has 6 nitrogen and oxygen atoms in total. The number of fused-ring (bicyclic) bond motifs is 1. The number of benzene rings is 1. The van der Waals surface area contributed by atoms with Crippen LogP contribution in [0.3, 0.4) is 0 Å². The Balaban J connectivity index is 1.61. The molecule has 0 aliphatic heterocycles. The highest BCUT2D eigenvalue weighted by Gasteiger charge is 2.45. The third-order valence-corrected chi connectivity index (χ3v) is 4.86. The fourth-order valence-corrected chi connectivity index (χ4v) is 3.35. The Labute approximate surface area is 141 Å². The van der Waals surface area contributed by atoms with Gasteiger partial charge in [-0.15, -0.1) is 0 Å². The van der Waals surface area contributed by atoms with Crippen LogP contribution in [0.15, 0.2) is 29.2 Å². The number of anilines is 1. The molecular weight excluding hydrogens is 333 g/mol. The van der Waals surface area contributed by atoms with Crippen molar-refractivity contribution in [2.45, 2.75) is 18.3 Å². The van der Waals surface area contributed by atoms with Gasteiger partial charge in [0.25, 0.3) is 5.56 Å². The van der Waals surface area contributed by atoms with Crippen LogP contribution in [0.5, 0.6) is 0 Å². The lowest BCUT2D eigenvalue weighted by atomic mass is 9.96. The number of hydrogen-bond donors (Lipinski definition) is 2. The van der Waals surface area contributed by atoms with Crippen LogP contribution in [0.25, 0.3) is 11.0 Å². The molecule has 0 atom stereocenters. The van der Waals surface area contributed by atoms with Crippen LogP contribution in [-0.2, 0) is 12.5 Å². The predicted octanol–water partition coefficient (Wildman–Crippen LogP) is 2.59. The number of H-pyrrole nitrogens is 1. The van der Waals surface area contributed by atoms with Crippen molar-refractivity contribution in [3.63, 3.8) is 0 Å². The monoisotopic (exact) mass is 347 g/mol. The molecule has 1 aromatic carbocycles. The summed E-state index contributed by atoms with van der Waals surface area (Å²) in [6.45, 7) is 0.560. The van der Waals surface area contributed by atoms with Crippen LogP contribution in [0, 0.1) is 5.82 Å². The first kappa shape index (κ1) is 15.1. The van der Waals surface area contributed by atoms with Gasteiger partial charge in [-0.05, 0) is 30.5 Å². The highest BCUT2D eigenvalue weighted by atomic mass is 35.5. The SMILES string of the molecule is Cn1ncc2c(=O)[nH]c(NCC3(c4ccc(F)cc4Cl)CC3)nc21. The molecule has 0 amide bonds. The van der Waals surface area contributed by atoms with E-state index in [1.807, 2.05) is 0 Å². The van der Waals surface area contributed by atoms with Crippen molar-refractivity contribution >= 4 is 28.6 Å². The van der Waals surface area contributed by atoms with Gasteiger partial charge in [-0.25, -0.2) is 4.39 Å². The van der Waals surface area contributed by atoms with Gasteiger partial charge in [0.2, 0.25) is 5.95 Å². The highest BCUT2D eigenvalue weighted by molar-refractivity contribution is 6.31. The first-order chi connectivity index (χ1) is 11.5. The van der Waals surface area contributed by atoms with E-state index in [0.717, 1.165) is 18.4 Å². The maximum Gasteiger partial charge on any atom is 0.263 e. The number of aromatic nitrogens is 4. The molecule has 1 aliphatic carbocycles. The zero-order valence-corrected chi connectivity index (χ0v) is 13.7. The van der Waals surface area contributed by atoms with Crippen molar-refractivity contribution in [3.8, 4) is 0 Å². The molecule has 3 aromatic rings. The van der Waals surface area contributed by atoms with E-state index in [2.05, 4.69) is 20.4 Å². The molecule has 1 fully saturated rings. The summed E-state index contributed by atoms with van der Waals surface area (Å²) in [6, 6.07) is 4.48. The van der Waals surface area contributed by atoms with Crippen LogP contribution in [0.4, 0.5) is 10.3 Å². The Hall–Kier alpha value is -2.41. The van der Waals surface area contributed by atoms with E-state index < -0.39 is 0 Å². The molecule has 0 spiro atoms. The van der Waals surface area contributed by atoms with Gasteiger partial charge in [0, 0.05) is 24.0 Å². The van der Waals surface area contributed by atoms with Gasteiger partial charge < -0.3 is 5.32 Å². The van der Waals surface area contributed by atoms with Crippen LogP contribution in [-0.4, -0.2) is 26.3 Å². The van der Waals surface area contributed by atoms with Crippen molar-refractivity contribution in [3.05, 3.63) is 51.2 Å². The molecule has 2 heterocycles. The summed E-state index contributed by atoms with van der Waals surface area (Å²) in [6.07, 6.45) is 3.39. The second-order valence-corrected chi connectivity index (χ2v) is 6.59. The van der Waals surface area contributed by atoms with Gasteiger partial charge in [0.1, 0.15) is 11.2 Å². The first-order valence-corrected chi connectivity index (χ1v) is 7.98. The van der Waals surface area contributed by atoms with E-state index in [9.17, 15) is 9.18 Å². The van der Waals surface area contributed by atoms with Crippen molar-refractivity contribution in [2.24, 2.45) is 7.05 Å². The number of rotatable bonds is 4. The fraction of sp³-hybridized carbons (Fsp3) is 0.312. The minimum atomic E-state index is -0.347. The molecule has 2 aromatic heterocycles. The minimum Gasteiger partial charge on any atom is -0.355 e. The summed E-state index contributed by atoms with van der Waals surface area (Å²) in [5.74, 6) is 0.0424. The third-order valence-electron chi connectivity index (χ3n) is 4.55. The molecule has 0 saturated heterocycles. The lowest BCUT2D eigenvalue weighted by Crippen LogP contribution is -2.23. The first-order valence-electron chi connectivity index (χ1n) is 7.60. The molecule has 0 radical (unpaired) electrons. The Bertz CT molecular complexity index is 992. The molecule has 24 heavy (non-hydrogen) atoms. The fourth-order valence-electron chi connectivity index (χ4n) is 2.98. The second kappa shape index (κ2) is 5.31. The maximum atomic E-state index is 13.2. The van der Waals surface area contributed by atoms with Gasteiger partial charge >= 0.3 is 0 Å². The third kappa shape index (κ3) is 2.45. The van der Waals surface area contributed by atoms with E-state index >= 15 is 0 Å². The summed E-state index contributed by atoms with van der Waals surface area (Å²) >= 11 is 6.19. The van der Waals surface area contributed by atoms with Crippen molar-refractivity contribution in [2.75, 3.05) is 11.9 Å². The average molecular weight is 348 g/mol. The number of hydrogen-bond acceptors (Lipinski definition) is 4. The predicted molar refractivity (Wildman–Crippen MR) is 89.9 cm³/mol. The van der Waals surface area contributed by atoms with Gasteiger partial charge in [-0.2, -0.15) is 10.1 Å². The zero-order valence-electron chi connectivity index (χ0n) is 12.9. The maximum absolute atomic E-state index is 13.2. The molecule has 0 bridgehead atoms. The van der Waals surface area contributed by atoms with Crippen molar-refractivity contribution in [1.29, 1.82) is 0 Å². The quantitative estimate of drug-likeness (QED) is 0.760. The van der Waals surface area contributed by atoms with E-state index in [1.165, 1.54) is 18.3 Å². The molecule has 2 N–H and O–H groups in total. The minimum absolute atomic E-state index is 0.148.